The molecular weight excluding hydrogens is 232 g/mol. The van der Waals surface area contributed by atoms with E-state index >= 15 is 0 Å². The van der Waals surface area contributed by atoms with Gasteiger partial charge in [-0.25, -0.2) is 0 Å². The summed E-state index contributed by atoms with van der Waals surface area (Å²) in [6.07, 6.45) is 2.16. The average molecular weight is 248 g/mol. The number of aryl methyl sites for hydroxylation is 1. The van der Waals surface area contributed by atoms with Crippen molar-refractivity contribution in [3.8, 4) is 0 Å². The predicted octanol–water partition coefficient (Wildman–Crippen LogP) is 2.03. The Balaban J connectivity index is 2.32. The van der Waals surface area contributed by atoms with E-state index in [4.69, 9.17) is 18.0 Å². The van der Waals surface area contributed by atoms with E-state index < -0.39 is 0 Å². The van der Waals surface area contributed by atoms with Gasteiger partial charge in [0.25, 0.3) is 0 Å². The van der Waals surface area contributed by atoms with Crippen LogP contribution in [0.3, 0.4) is 0 Å². The molecule has 1 aliphatic rings. The molecule has 0 saturated carbocycles. The van der Waals surface area contributed by atoms with Gasteiger partial charge in [-0.1, -0.05) is 30.4 Å². The van der Waals surface area contributed by atoms with Crippen molar-refractivity contribution in [3.05, 3.63) is 29.8 Å². The Hall–Kier alpha value is -1.42. The number of carbonyl (C=O) groups is 1. The summed E-state index contributed by atoms with van der Waals surface area (Å²) in [4.78, 5) is 14.2. The van der Waals surface area contributed by atoms with E-state index in [1.165, 1.54) is 5.56 Å². The van der Waals surface area contributed by atoms with Crippen molar-refractivity contribution in [1.82, 2.24) is 0 Å². The second-order valence-electron chi connectivity index (χ2n) is 4.42. The number of fused-ring (bicyclic) bond motifs is 1. The molecule has 1 aromatic rings. The van der Waals surface area contributed by atoms with Crippen LogP contribution in [0.1, 0.15) is 25.3 Å². The molecule has 90 valence electrons. The van der Waals surface area contributed by atoms with Crippen LogP contribution in [-0.2, 0) is 11.2 Å². The van der Waals surface area contributed by atoms with Crippen LogP contribution < -0.4 is 10.6 Å². The fourth-order valence-electron chi connectivity index (χ4n) is 2.30. The summed E-state index contributed by atoms with van der Waals surface area (Å²) in [5.74, 6) is -0.00264. The van der Waals surface area contributed by atoms with Crippen molar-refractivity contribution in [1.29, 1.82) is 0 Å². The van der Waals surface area contributed by atoms with Crippen molar-refractivity contribution in [2.75, 3.05) is 4.90 Å². The molecule has 1 aliphatic heterocycles. The largest absolute Gasteiger partial charge is 0.393 e. The standard InChI is InChI=1S/C13H16N2OS/c1-9-6-7-10-4-2-3-5-11(10)15(9)13(16)8-12(14)17/h2-5,9H,6-8H2,1H3,(H2,14,17). The zero-order chi connectivity index (χ0) is 12.4. The molecule has 1 aromatic carbocycles. The highest BCUT2D eigenvalue weighted by Gasteiger charge is 2.27. The first-order valence-electron chi connectivity index (χ1n) is 5.78. The van der Waals surface area contributed by atoms with Gasteiger partial charge in [-0.05, 0) is 31.4 Å². The normalized spacial score (nSPS) is 18.6. The molecule has 0 radical (unpaired) electrons. The van der Waals surface area contributed by atoms with Crippen LogP contribution in [0.25, 0.3) is 0 Å². The number of rotatable bonds is 2. The van der Waals surface area contributed by atoms with E-state index in [1.54, 1.807) is 0 Å². The number of amides is 1. The predicted molar refractivity (Wildman–Crippen MR) is 73.1 cm³/mol. The molecule has 1 unspecified atom stereocenters. The number of thiocarbonyl (C=S) groups is 1. The summed E-state index contributed by atoms with van der Waals surface area (Å²) in [7, 11) is 0. The van der Waals surface area contributed by atoms with Crippen molar-refractivity contribution < 1.29 is 4.79 Å². The van der Waals surface area contributed by atoms with E-state index in [1.807, 2.05) is 23.1 Å². The molecule has 0 bridgehead atoms. The second-order valence-corrected chi connectivity index (χ2v) is 4.95. The van der Waals surface area contributed by atoms with Crippen LogP contribution >= 0.6 is 12.2 Å². The summed E-state index contributed by atoms with van der Waals surface area (Å²) >= 11 is 4.81. The molecule has 0 spiro atoms. The van der Waals surface area contributed by atoms with Gasteiger partial charge in [0, 0.05) is 11.7 Å². The molecule has 4 heteroatoms. The topological polar surface area (TPSA) is 46.3 Å². The van der Waals surface area contributed by atoms with Crippen molar-refractivity contribution in [2.24, 2.45) is 5.73 Å². The first kappa shape index (κ1) is 12.0. The number of hydrogen-bond donors (Lipinski definition) is 1. The molecule has 0 aromatic heterocycles. The van der Waals surface area contributed by atoms with Gasteiger partial charge in [-0.3, -0.25) is 4.79 Å². The molecule has 1 atom stereocenters. The Morgan fingerprint density at radius 1 is 1.53 bits per heavy atom. The van der Waals surface area contributed by atoms with Gasteiger partial charge in [0.2, 0.25) is 5.91 Å². The lowest BCUT2D eigenvalue weighted by Gasteiger charge is -2.35. The average Bonchev–Trinajstić information content (AvgIpc) is 2.27. The number of carbonyl (C=O) groups excluding carboxylic acids is 1. The molecular formula is C13H16N2OS. The SMILES string of the molecule is CC1CCc2ccccc2N1C(=O)CC(N)=S. The summed E-state index contributed by atoms with van der Waals surface area (Å²) < 4.78 is 0. The first-order chi connectivity index (χ1) is 8.09. The third kappa shape index (κ3) is 2.47. The lowest BCUT2D eigenvalue weighted by atomic mass is 9.96. The number of nitrogens with zero attached hydrogens (tertiary/aromatic N) is 1. The first-order valence-corrected chi connectivity index (χ1v) is 6.18. The van der Waals surface area contributed by atoms with Crippen LogP contribution in [0, 0.1) is 0 Å². The number of anilines is 1. The number of benzene rings is 1. The third-order valence-corrected chi connectivity index (χ3v) is 3.26. The van der Waals surface area contributed by atoms with Gasteiger partial charge in [0.15, 0.2) is 0 Å². The third-order valence-electron chi connectivity index (χ3n) is 3.12. The Bertz CT molecular complexity index is 458. The van der Waals surface area contributed by atoms with Gasteiger partial charge in [0.1, 0.15) is 0 Å². The zero-order valence-electron chi connectivity index (χ0n) is 9.85. The second kappa shape index (κ2) is 4.84. The van der Waals surface area contributed by atoms with Gasteiger partial charge in [0.05, 0.1) is 11.4 Å². The highest BCUT2D eigenvalue weighted by atomic mass is 32.1. The fraction of sp³-hybridized carbons (Fsp3) is 0.385. The minimum atomic E-state index is -0.00264. The van der Waals surface area contributed by atoms with Crippen molar-refractivity contribution >= 4 is 28.8 Å². The van der Waals surface area contributed by atoms with E-state index in [0.717, 1.165) is 18.5 Å². The summed E-state index contributed by atoms with van der Waals surface area (Å²) in [5.41, 5.74) is 7.68. The molecule has 0 fully saturated rings. The van der Waals surface area contributed by atoms with Crippen molar-refractivity contribution in [3.63, 3.8) is 0 Å². The van der Waals surface area contributed by atoms with Crippen molar-refractivity contribution in [2.45, 2.75) is 32.2 Å². The molecule has 1 heterocycles. The summed E-state index contributed by atoms with van der Waals surface area (Å²) in [6, 6.07) is 8.24. The van der Waals surface area contributed by atoms with E-state index in [-0.39, 0.29) is 23.4 Å². The monoisotopic (exact) mass is 248 g/mol. The van der Waals surface area contributed by atoms with E-state index in [9.17, 15) is 4.79 Å². The van der Waals surface area contributed by atoms with Crippen LogP contribution in [0.4, 0.5) is 5.69 Å². The van der Waals surface area contributed by atoms with E-state index in [2.05, 4.69) is 13.0 Å². The highest BCUT2D eigenvalue weighted by Crippen LogP contribution is 2.30. The number of nitrogens with two attached hydrogens (primary N) is 1. The minimum Gasteiger partial charge on any atom is -0.393 e. The molecule has 2 N–H and O–H groups in total. The number of para-hydroxylation sites is 1. The van der Waals surface area contributed by atoms with Crippen LogP contribution in [0.5, 0.6) is 0 Å². The molecule has 0 aliphatic carbocycles. The highest BCUT2D eigenvalue weighted by molar-refractivity contribution is 7.80. The van der Waals surface area contributed by atoms with Crippen LogP contribution in [-0.4, -0.2) is 16.9 Å². The Morgan fingerprint density at radius 3 is 2.94 bits per heavy atom. The zero-order valence-corrected chi connectivity index (χ0v) is 10.7. The minimum absolute atomic E-state index is 0.00264. The fourth-order valence-corrected chi connectivity index (χ4v) is 2.43. The van der Waals surface area contributed by atoms with E-state index in [0.29, 0.717) is 0 Å². The summed E-state index contributed by atoms with van der Waals surface area (Å²) in [6.45, 7) is 2.06. The smallest absolute Gasteiger partial charge is 0.234 e. The van der Waals surface area contributed by atoms with Gasteiger partial charge >= 0.3 is 0 Å². The lowest BCUT2D eigenvalue weighted by molar-refractivity contribution is -0.118. The Morgan fingerprint density at radius 2 is 2.24 bits per heavy atom. The summed E-state index contributed by atoms with van der Waals surface area (Å²) in [5, 5.41) is 0. The Kier molecular flexibility index (Phi) is 3.43. The molecule has 3 nitrogen and oxygen atoms in total. The van der Waals surface area contributed by atoms with Crippen LogP contribution in [0.15, 0.2) is 24.3 Å². The van der Waals surface area contributed by atoms with Crippen LogP contribution in [0.2, 0.25) is 0 Å². The number of hydrogen-bond acceptors (Lipinski definition) is 2. The Labute approximate surface area is 107 Å². The maximum absolute atomic E-state index is 12.1. The molecule has 0 saturated heterocycles. The maximum atomic E-state index is 12.1. The molecule has 17 heavy (non-hydrogen) atoms. The molecule has 2 rings (SSSR count). The van der Waals surface area contributed by atoms with Gasteiger partial charge in [-0.15, -0.1) is 0 Å². The van der Waals surface area contributed by atoms with Gasteiger partial charge < -0.3 is 10.6 Å². The molecule has 1 amide bonds. The maximum Gasteiger partial charge on any atom is 0.234 e. The quantitative estimate of drug-likeness (QED) is 0.815. The lowest BCUT2D eigenvalue weighted by Crippen LogP contribution is -2.43. The van der Waals surface area contributed by atoms with Gasteiger partial charge in [-0.2, -0.15) is 0 Å².